The van der Waals surface area contributed by atoms with E-state index in [2.05, 4.69) is 11.3 Å². The van der Waals surface area contributed by atoms with E-state index in [1.807, 2.05) is 30.3 Å². The molecule has 0 radical (unpaired) electrons. The second-order valence-corrected chi connectivity index (χ2v) is 9.51. The van der Waals surface area contributed by atoms with Gasteiger partial charge < -0.3 is 19.3 Å². The molecule has 8 heteroatoms. The van der Waals surface area contributed by atoms with Crippen molar-refractivity contribution >= 4 is 16.1 Å². The van der Waals surface area contributed by atoms with Crippen LogP contribution in [-0.4, -0.2) is 57.2 Å². The number of fused-ring (bicyclic) bond motifs is 1. The third-order valence-corrected chi connectivity index (χ3v) is 7.08. The lowest BCUT2D eigenvalue weighted by Crippen LogP contribution is -2.38. The van der Waals surface area contributed by atoms with E-state index in [-0.39, 0.29) is 36.4 Å². The number of benzene rings is 2. The fraction of sp³-hybridized carbons (Fsp3) is 0.391. The quantitative estimate of drug-likeness (QED) is 0.614. The zero-order valence-corrected chi connectivity index (χ0v) is 17.9. The van der Waals surface area contributed by atoms with E-state index < -0.39 is 22.2 Å². The molecule has 2 aliphatic heterocycles. The average Bonchev–Trinajstić information content (AvgIpc) is 3.34. The third kappa shape index (κ3) is 5.06. The van der Waals surface area contributed by atoms with Gasteiger partial charge in [-0.2, -0.15) is 0 Å². The molecule has 0 aliphatic carbocycles. The Morgan fingerprint density at radius 3 is 2.55 bits per heavy atom. The van der Waals surface area contributed by atoms with Gasteiger partial charge in [0.25, 0.3) is 0 Å². The van der Waals surface area contributed by atoms with Gasteiger partial charge in [-0.1, -0.05) is 55.1 Å². The van der Waals surface area contributed by atoms with Crippen LogP contribution in [0.15, 0.2) is 66.1 Å². The van der Waals surface area contributed by atoms with E-state index in [9.17, 15) is 13.5 Å². The van der Waals surface area contributed by atoms with Gasteiger partial charge in [0.1, 0.15) is 18.3 Å². The number of ether oxygens (including phenoxy) is 3. The van der Waals surface area contributed by atoms with E-state index >= 15 is 0 Å². The minimum absolute atomic E-state index is 0.136. The summed E-state index contributed by atoms with van der Waals surface area (Å²) >= 11 is 0. The Kier molecular flexibility index (Phi) is 6.86. The molecule has 0 bridgehead atoms. The van der Waals surface area contributed by atoms with Crippen LogP contribution in [0.5, 0.6) is 0 Å². The maximum absolute atomic E-state index is 12.6. The van der Waals surface area contributed by atoms with Gasteiger partial charge in [-0.3, -0.25) is 0 Å². The second-order valence-electron chi connectivity index (χ2n) is 7.74. The van der Waals surface area contributed by atoms with Crippen molar-refractivity contribution in [2.24, 2.45) is 0 Å². The molecule has 4 rings (SSSR count). The minimum Gasteiger partial charge on any atom is -0.394 e. The molecule has 0 unspecified atom stereocenters. The molecule has 166 valence electrons. The summed E-state index contributed by atoms with van der Waals surface area (Å²) in [4.78, 5) is 0.192. The fourth-order valence-corrected chi connectivity index (χ4v) is 5.08. The van der Waals surface area contributed by atoms with Gasteiger partial charge in [0.2, 0.25) is 10.0 Å². The van der Waals surface area contributed by atoms with Crippen LogP contribution in [0.2, 0.25) is 0 Å². The molecule has 5 atom stereocenters. The monoisotopic (exact) mass is 445 g/mol. The van der Waals surface area contributed by atoms with Crippen LogP contribution < -0.4 is 4.72 Å². The van der Waals surface area contributed by atoms with E-state index in [1.54, 1.807) is 30.3 Å². The van der Waals surface area contributed by atoms with Crippen molar-refractivity contribution in [3.8, 4) is 0 Å². The number of rotatable bonds is 9. The summed E-state index contributed by atoms with van der Waals surface area (Å²) in [5, 5.41) is 9.67. The highest BCUT2D eigenvalue weighted by Crippen LogP contribution is 2.36. The highest BCUT2D eigenvalue weighted by Gasteiger charge is 2.51. The van der Waals surface area contributed by atoms with Gasteiger partial charge >= 0.3 is 0 Å². The van der Waals surface area contributed by atoms with Crippen molar-refractivity contribution in [2.45, 2.75) is 48.4 Å². The zero-order chi connectivity index (χ0) is 21.8. The highest BCUT2D eigenvalue weighted by atomic mass is 32.2. The molecule has 2 aromatic carbocycles. The first-order valence-corrected chi connectivity index (χ1v) is 11.8. The van der Waals surface area contributed by atoms with Gasteiger partial charge in [0.05, 0.1) is 30.3 Å². The van der Waals surface area contributed by atoms with Gasteiger partial charge in [-0.15, -0.1) is 0 Å². The number of aliphatic hydroxyl groups excluding tert-OH is 1. The first-order valence-electron chi connectivity index (χ1n) is 10.3. The first-order chi connectivity index (χ1) is 15.0. The Bertz CT molecular complexity index is 979. The van der Waals surface area contributed by atoms with E-state index in [0.29, 0.717) is 13.0 Å². The predicted octanol–water partition coefficient (Wildman–Crippen LogP) is 2.11. The Labute approximate surface area is 182 Å². The molecule has 0 aromatic heterocycles. The SMILES string of the molecule is C=Cc1ccc(S(=O)(=O)NC[C@H]2C[C@@H]3O[C@H](CO)[C@@H](OCc4ccccc4)[C@@H]3O2)cc1. The average molecular weight is 446 g/mol. The van der Waals surface area contributed by atoms with Gasteiger partial charge in [0.15, 0.2) is 0 Å². The van der Waals surface area contributed by atoms with Gasteiger partial charge in [-0.25, -0.2) is 13.1 Å². The molecule has 2 N–H and O–H groups in total. The van der Waals surface area contributed by atoms with Crippen molar-refractivity contribution in [1.82, 2.24) is 4.72 Å². The molecule has 2 saturated heterocycles. The number of nitrogens with one attached hydrogen (secondary N) is 1. The zero-order valence-electron chi connectivity index (χ0n) is 17.1. The first kappa shape index (κ1) is 22.1. The number of hydrogen-bond donors (Lipinski definition) is 2. The maximum Gasteiger partial charge on any atom is 0.240 e. The molecule has 7 nitrogen and oxygen atoms in total. The molecular weight excluding hydrogens is 418 g/mol. The smallest absolute Gasteiger partial charge is 0.240 e. The van der Waals surface area contributed by atoms with Crippen molar-refractivity contribution in [3.63, 3.8) is 0 Å². The van der Waals surface area contributed by atoms with E-state index in [4.69, 9.17) is 14.2 Å². The van der Waals surface area contributed by atoms with E-state index in [1.165, 1.54) is 0 Å². The summed E-state index contributed by atoms with van der Waals surface area (Å²) in [5.74, 6) is 0. The summed E-state index contributed by atoms with van der Waals surface area (Å²) < 4.78 is 45.8. The van der Waals surface area contributed by atoms with Crippen molar-refractivity contribution in [3.05, 3.63) is 72.3 Å². The Morgan fingerprint density at radius 2 is 1.87 bits per heavy atom. The van der Waals surface area contributed by atoms with Crippen LogP contribution in [0.3, 0.4) is 0 Å². The molecule has 31 heavy (non-hydrogen) atoms. The standard InChI is InChI=1S/C23H27NO6S/c1-2-16-8-10-19(11-9-16)31(26,27)24-13-18-12-20-23(29-18)22(21(14-25)30-20)28-15-17-6-4-3-5-7-17/h2-11,18,20-25H,1,12-15H2/t18-,20+,21-,22-,23-/m1/s1. The fourth-order valence-electron chi connectivity index (χ4n) is 4.01. The topological polar surface area (TPSA) is 94.1 Å². The second kappa shape index (κ2) is 9.60. The normalized spacial score (nSPS) is 27.8. The Morgan fingerprint density at radius 1 is 1.13 bits per heavy atom. The predicted molar refractivity (Wildman–Crippen MR) is 116 cm³/mol. The van der Waals surface area contributed by atoms with E-state index in [0.717, 1.165) is 11.1 Å². The highest BCUT2D eigenvalue weighted by molar-refractivity contribution is 7.89. The number of hydrogen-bond acceptors (Lipinski definition) is 6. The van der Waals surface area contributed by atoms with Crippen LogP contribution in [-0.2, 0) is 30.8 Å². The number of aliphatic hydroxyl groups is 1. The largest absolute Gasteiger partial charge is 0.394 e. The van der Waals surface area contributed by atoms with Gasteiger partial charge in [0, 0.05) is 13.0 Å². The van der Waals surface area contributed by atoms with Crippen molar-refractivity contribution < 1.29 is 27.7 Å². The summed E-state index contributed by atoms with van der Waals surface area (Å²) in [5.41, 5.74) is 1.87. The lowest BCUT2D eigenvalue weighted by Gasteiger charge is -2.23. The maximum atomic E-state index is 12.6. The minimum atomic E-state index is -3.65. The van der Waals surface area contributed by atoms with Crippen LogP contribution in [0, 0.1) is 0 Å². The summed E-state index contributed by atoms with van der Waals surface area (Å²) in [6, 6.07) is 16.3. The van der Waals surface area contributed by atoms with Crippen LogP contribution in [0.25, 0.3) is 6.08 Å². The molecular formula is C23H27NO6S. The molecule has 2 aromatic rings. The Hall–Kier alpha value is -2.07. The molecule has 0 amide bonds. The molecule has 2 aliphatic rings. The Balaban J connectivity index is 1.34. The van der Waals surface area contributed by atoms with Crippen molar-refractivity contribution in [1.29, 1.82) is 0 Å². The molecule has 0 saturated carbocycles. The lowest BCUT2D eigenvalue weighted by molar-refractivity contribution is -0.0907. The lowest BCUT2D eigenvalue weighted by atomic mass is 10.1. The molecule has 2 heterocycles. The molecule has 2 fully saturated rings. The third-order valence-electron chi connectivity index (χ3n) is 5.64. The van der Waals surface area contributed by atoms with Gasteiger partial charge in [-0.05, 0) is 23.3 Å². The summed E-state index contributed by atoms with van der Waals surface area (Å²) in [6.45, 7) is 4.03. The molecule has 0 spiro atoms. The van der Waals surface area contributed by atoms with Crippen molar-refractivity contribution in [2.75, 3.05) is 13.2 Å². The van der Waals surface area contributed by atoms with Crippen LogP contribution >= 0.6 is 0 Å². The van der Waals surface area contributed by atoms with Crippen LogP contribution in [0.4, 0.5) is 0 Å². The summed E-state index contributed by atoms with van der Waals surface area (Å²) in [7, 11) is -3.65. The van der Waals surface area contributed by atoms with Crippen LogP contribution in [0.1, 0.15) is 17.5 Å². The summed E-state index contributed by atoms with van der Waals surface area (Å²) in [6.07, 6.45) is 0.402. The number of sulfonamides is 1.